The zero-order chi connectivity index (χ0) is 13.9. The van der Waals surface area contributed by atoms with Crippen LogP contribution < -0.4 is 4.90 Å². The van der Waals surface area contributed by atoms with Gasteiger partial charge in [-0.1, -0.05) is 18.2 Å². The molecular formula is C15H20N4O. The van der Waals surface area contributed by atoms with Crippen LogP contribution in [0, 0.1) is 0 Å². The van der Waals surface area contributed by atoms with E-state index in [2.05, 4.69) is 39.4 Å². The van der Waals surface area contributed by atoms with Gasteiger partial charge < -0.3 is 10.0 Å². The Bertz CT molecular complexity index is 581. The summed E-state index contributed by atoms with van der Waals surface area (Å²) < 4.78 is 0. The number of rotatable bonds is 4. The van der Waals surface area contributed by atoms with E-state index in [9.17, 15) is 5.11 Å². The van der Waals surface area contributed by atoms with Gasteiger partial charge in [0.1, 0.15) is 5.69 Å². The third-order valence-corrected chi connectivity index (χ3v) is 3.93. The Morgan fingerprint density at radius 1 is 1.35 bits per heavy atom. The van der Waals surface area contributed by atoms with Crippen molar-refractivity contribution in [3.63, 3.8) is 0 Å². The lowest BCUT2D eigenvalue weighted by Crippen LogP contribution is -2.39. The SMILES string of the molecule is Cn1ncc(CN2c3ccccc3CCC2CCO)n1. The Morgan fingerprint density at radius 2 is 2.20 bits per heavy atom. The third kappa shape index (κ3) is 2.54. The summed E-state index contributed by atoms with van der Waals surface area (Å²) >= 11 is 0. The van der Waals surface area contributed by atoms with Gasteiger partial charge in [-0.3, -0.25) is 0 Å². The van der Waals surface area contributed by atoms with Crippen LogP contribution in [0.5, 0.6) is 0 Å². The molecule has 0 aliphatic carbocycles. The van der Waals surface area contributed by atoms with Gasteiger partial charge in [0.2, 0.25) is 0 Å². The van der Waals surface area contributed by atoms with Crippen molar-refractivity contribution in [1.82, 2.24) is 15.0 Å². The topological polar surface area (TPSA) is 54.2 Å². The molecule has 1 aliphatic heterocycles. The Hall–Kier alpha value is -1.88. The van der Waals surface area contributed by atoms with E-state index in [1.165, 1.54) is 11.3 Å². The van der Waals surface area contributed by atoms with E-state index >= 15 is 0 Å². The summed E-state index contributed by atoms with van der Waals surface area (Å²) in [5, 5.41) is 17.8. The van der Waals surface area contributed by atoms with Gasteiger partial charge in [-0.05, 0) is 30.9 Å². The van der Waals surface area contributed by atoms with E-state index in [1.807, 2.05) is 13.2 Å². The molecule has 0 spiro atoms. The Labute approximate surface area is 118 Å². The zero-order valence-corrected chi connectivity index (χ0v) is 11.7. The van der Waals surface area contributed by atoms with Gasteiger partial charge in [0.25, 0.3) is 0 Å². The molecule has 106 valence electrons. The van der Waals surface area contributed by atoms with E-state index < -0.39 is 0 Å². The van der Waals surface area contributed by atoms with E-state index in [-0.39, 0.29) is 6.61 Å². The highest BCUT2D eigenvalue weighted by Crippen LogP contribution is 2.32. The maximum Gasteiger partial charge on any atom is 0.102 e. The van der Waals surface area contributed by atoms with Crippen molar-refractivity contribution in [3.8, 4) is 0 Å². The highest BCUT2D eigenvalue weighted by Gasteiger charge is 2.26. The molecule has 0 fully saturated rings. The lowest BCUT2D eigenvalue weighted by Gasteiger charge is -2.38. The molecule has 2 aromatic rings. The lowest BCUT2D eigenvalue weighted by molar-refractivity contribution is 0.267. The number of benzene rings is 1. The number of aryl methyl sites for hydroxylation is 2. The standard InChI is InChI=1S/C15H20N4O/c1-18-16-10-13(17-18)11-19-14(8-9-20)7-6-12-4-2-3-5-15(12)19/h2-5,10,14,20H,6-9,11H2,1H3. The third-order valence-electron chi connectivity index (χ3n) is 3.93. The number of para-hydroxylation sites is 1. The molecule has 1 N–H and O–H groups in total. The smallest absolute Gasteiger partial charge is 0.102 e. The first-order chi connectivity index (χ1) is 9.78. The molecule has 0 radical (unpaired) electrons. The van der Waals surface area contributed by atoms with E-state index in [0.29, 0.717) is 6.04 Å². The van der Waals surface area contributed by atoms with E-state index in [1.54, 1.807) is 4.80 Å². The van der Waals surface area contributed by atoms with Gasteiger partial charge in [0.05, 0.1) is 12.7 Å². The number of aliphatic hydroxyl groups excluding tert-OH is 1. The highest BCUT2D eigenvalue weighted by molar-refractivity contribution is 5.56. The van der Waals surface area contributed by atoms with Gasteiger partial charge in [-0.2, -0.15) is 15.0 Å². The van der Waals surface area contributed by atoms with Crippen molar-refractivity contribution in [2.75, 3.05) is 11.5 Å². The van der Waals surface area contributed by atoms with Crippen molar-refractivity contribution in [2.24, 2.45) is 7.05 Å². The molecular weight excluding hydrogens is 252 g/mol. The Kier molecular flexibility index (Phi) is 3.69. The largest absolute Gasteiger partial charge is 0.396 e. The van der Waals surface area contributed by atoms with E-state index in [0.717, 1.165) is 31.5 Å². The van der Waals surface area contributed by atoms with Crippen molar-refractivity contribution in [1.29, 1.82) is 0 Å². The highest BCUT2D eigenvalue weighted by atomic mass is 16.3. The summed E-state index contributed by atoms with van der Waals surface area (Å²) in [4.78, 5) is 3.95. The van der Waals surface area contributed by atoms with Crippen molar-refractivity contribution in [2.45, 2.75) is 31.8 Å². The molecule has 5 heteroatoms. The normalized spacial score (nSPS) is 18.1. The fraction of sp³-hybridized carbons (Fsp3) is 0.467. The predicted molar refractivity (Wildman–Crippen MR) is 77.4 cm³/mol. The van der Waals surface area contributed by atoms with Gasteiger partial charge in [0, 0.05) is 25.4 Å². The second kappa shape index (κ2) is 5.63. The fourth-order valence-electron chi connectivity index (χ4n) is 2.98. The summed E-state index contributed by atoms with van der Waals surface area (Å²) in [6.45, 7) is 0.972. The van der Waals surface area contributed by atoms with Crippen LogP contribution in [-0.4, -0.2) is 32.7 Å². The monoisotopic (exact) mass is 272 g/mol. The summed E-state index contributed by atoms with van der Waals surface area (Å²) in [5.74, 6) is 0. The number of aliphatic hydroxyl groups is 1. The van der Waals surface area contributed by atoms with Crippen LogP contribution in [-0.2, 0) is 20.0 Å². The van der Waals surface area contributed by atoms with Gasteiger partial charge in [0.15, 0.2) is 0 Å². The van der Waals surface area contributed by atoms with Crippen molar-refractivity contribution >= 4 is 5.69 Å². The molecule has 1 aliphatic rings. The molecule has 0 amide bonds. The molecule has 0 saturated heterocycles. The molecule has 1 atom stereocenters. The van der Waals surface area contributed by atoms with Gasteiger partial charge in [-0.25, -0.2) is 0 Å². The Morgan fingerprint density at radius 3 is 2.95 bits per heavy atom. The quantitative estimate of drug-likeness (QED) is 0.917. The van der Waals surface area contributed by atoms with Crippen LogP contribution in [0.4, 0.5) is 5.69 Å². The van der Waals surface area contributed by atoms with Crippen LogP contribution >= 0.6 is 0 Å². The van der Waals surface area contributed by atoms with Gasteiger partial charge in [-0.15, -0.1) is 0 Å². The number of aromatic nitrogens is 3. The summed E-state index contributed by atoms with van der Waals surface area (Å²) in [5.41, 5.74) is 3.61. The molecule has 1 aromatic carbocycles. The minimum atomic E-state index is 0.226. The molecule has 20 heavy (non-hydrogen) atoms. The summed E-state index contributed by atoms with van der Waals surface area (Å²) in [7, 11) is 1.83. The van der Waals surface area contributed by atoms with Crippen LogP contribution in [0.15, 0.2) is 30.5 Å². The van der Waals surface area contributed by atoms with Crippen LogP contribution in [0.3, 0.4) is 0 Å². The number of hydrogen-bond acceptors (Lipinski definition) is 4. The predicted octanol–water partition coefficient (Wildman–Crippen LogP) is 1.52. The number of hydrogen-bond donors (Lipinski definition) is 1. The molecule has 0 saturated carbocycles. The maximum atomic E-state index is 9.30. The summed E-state index contributed by atoms with van der Waals surface area (Å²) in [6.07, 6.45) is 4.78. The number of fused-ring (bicyclic) bond motifs is 1. The molecule has 3 rings (SSSR count). The Balaban J connectivity index is 1.90. The van der Waals surface area contributed by atoms with Crippen LogP contribution in [0.2, 0.25) is 0 Å². The fourth-order valence-corrected chi connectivity index (χ4v) is 2.98. The molecule has 5 nitrogen and oxygen atoms in total. The van der Waals surface area contributed by atoms with Crippen molar-refractivity contribution in [3.05, 3.63) is 41.7 Å². The second-order valence-electron chi connectivity index (χ2n) is 5.29. The first-order valence-corrected chi connectivity index (χ1v) is 7.08. The van der Waals surface area contributed by atoms with Crippen LogP contribution in [0.25, 0.3) is 0 Å². The first-order valence-electron chi connectivity index (χ1n) is 7.08. The molecule has 0 bridgehead atoms. The minimum Gasteiger partial charge on any atom is -0.396 e. The summed E-state index contributed by atoms with van der Waals surface area (Å²) in [6, 6.07) is 8.88. The first kappa shape index (κ1) is 13.1. The average Bonchev–Trinajstić information content (AvgIpc) is 2.87. The van der Waals surface area contributed by atoms with Crippen LogP contribution in [0.1, 0.15) is 24.1 Å². The number of nitrogens with zero attached hydrogens (tertiary/aromatic N) is 4. The maximum absolute atomic E-state index is 9.30. The van der Waals surface area contributed by atoms with Gasteiger partial charge >= 0.3 is 0 Å². The minimum absolute atomic E-state index is 0.226. The molecule has 1 unspecified atom stereocenters. The van der Waals surface area contributed by atoms with Crippen molar-refractivity contribution < 1.29 is 5.11 Å². The average molecular weight is 272 g/mol. The zero-order valence-electron chi connectivity index (χ0n) is 11.7. The lowest BCUT2D eigenvalue weighted by atomic mass is 9.94. The van der Waals surface area contributed by atoms with E-state index in [4.69, 9.17) is 0 Å². The molecule has 1 aromatic heterocycles. The number of anilines is 1. The second-order valence-corrected chi connectivity index (χ2v) is 5.29. The molecule has 2 heterocycles.